The molecule has 2 saturated heterocycles. The maximum absolute atomic E-state index is 11.2. The molecule has 18 heavy (non-hydrogen) atoms. The smallest absolute Gasteiger partial charge is 0.248 e. The van der Waals surface area contributed by atoms with E-state index < -0.39 is 5.91 Å². The summed E-state index contributed by atoms with van der Waals surface area (Å²) in [6, 6.07) is 4.02. The molecule has 0 saturated carbocycles. The highest BCUT2D eigenvalue weighted by atomic mass is 16.1. The van der Waals surface area contributed by atoms with Gasteiger partial charge in [0.1, 0.15) is 5.82 Å². The number of nitrogens with one attached hydrogen (secondary N) is 1. The van der Waals surface area contributed by atoms with E-state index in [-0.39, 0.29) is 0 Å². The van der Waals surface area contributed by atoms with Crippen molar-refractivity contribution in [3.63, 3.8) is 0 Å². The van der Waals surface area contributed by atoms with Crippen LogP contribution >= 0.6 is 0 Å². The number of carbonyl (C=O) groups is 1. The number of anilines is 1. The zero-order chi connectivity index (χ0) is 12.5. The number of hydrogen-bond acceptors (Lipinski definition) is 4. The normalized spacial score (nSPS) is 27.0. The summed E-state index contributed by atoms with van der Waals surface area (Å²) >= 11 is 0. The number of pyridine rings is 1. The molecule has 2 fully saturated rings. The van der Waals surface area contributed by atoms with E-state index >= 15 is 0 Å². The van der Waals surface area contributed by atoms with Gasteiger partial charge in [0.05, 0.1) is 0 Å². The summed E-state index contributed by atoms with van der Waals surface area (Å²) in [5.74, 6) is 1.17. The SMILES string of the molecule is NC(=O)c1ccnc(N2C[C@@H]3CCCN[C@@H]3C2)c1. The summed E-state index contributed by atoms with van der Waals surface area (Å²) in [6.07, 6.45) is 4.19. The van der Waals surface area contributed by atoms with Crippen LogP contribution < -0.4 is 16.0 Å². The molecule has 0 bridgehead atoms. The minimum absolute atomic E-state index is 0.395. The van der Waals surface area contributed by atoms with E-state index in [0.29, 0.717) is 17.5 Å². The van der Waals surface area contributed by atoms with Gasteiger partial charge in [0, 0.05) is 30.9 Å². The molecule has 0 radical (unpaired) electrons. The van der Waals surface area contributed by atoms with Gasteiger partial charge in [-0.3, -0.25) is 4.79 Å². The van der Waals surface area contributed by atoms with Gasteiger partial charge in [-0.05, 0) is 37.4 Å². The lowest BCUT2D eigenvalue weighted by Gasteiger charge is -2.24. The van der Waals surface area contributed by atoms with E-state index in [0.717, 1.165) is 25.5 Å². The van der Waals surface area contributed by atoms with Crippen LogP contribution in [0.5, 0.6) is 0 Å². The molecule has 0 aromatic carbocycles. The minimum Gasteiger partial charge on any atom is -0.366 e. The summed E-state index contributed by atoms with van der Waals surface area (Å²) in [5.41, 5.74) is 5.83. The molecule has 2 aliphatic rings. The molecule has 3 N–H and O–H groups in total. The molecule has 0 unspecified atom stereocenters. The van der Waals surface area contributed by atoms with Gasteiger partial charge in [-0.2, -0.15) is 0 Å². The lowest BCUT2D eigenvalue weighted by atomic mass is 9.94. The Hall–Kier alpha value is -1.62. The molecule has 2 aliphatic heterocycles. The maximum atomic E-state index is 11.2. The highest BCUT2D eigenvalue weighted by Gasteiger charge is 2.34. The van der Waals surface area contributed by atoms with E-state index in [2.05, 4.69) is 15.2 Å². The molecule has 3 heterocycles. The van der Waals surface area contributed by atoms with Crippen molar-refractivity contribution < 1.29 is 4.79 Å². The first-order valence-corrected chi connectivity index (χ1v) is 6.48. The van der Waals surface area contributed by atoms with Crippen LogP contribution in [0.4, 0.5) is 5.82 Å². The number of fused-ring (bicyclic) bond motifs is 1. The molecule has 0 spiro atoms. The molecule has 2 atom stereocenters. The molecule has 3 rings (SSSR count). The summed E-state index contributed by atoms with van der Waals surface area (Å²) in [7, 11) is 0. The van der Waals surface area contributed by atoms with E-state index in [1.165, 1.54) is 12.8 Å². The Morgan fingerprint density at radius 2 is 2.39 bits per heavy atom. The van der Waals surface area contributed by atoms with Crippen LogP contribution in [0.3, 0.4) is 0 Å². The lowest BCUT2D eigenvalue weighted by molar-refractivity contribution is 0.1000. The van der Waals surface area contributed by atoms with Gasteiger partial charge >= 0.3 is 0 Å². The lowest BCUT2D eigenvalue weighted by Crippen LogP contribution is -2.40. The molecule has 0 aliphatic carbocycles. The number of nitrogens with two attached hydrogens (primary N) is 1. The second kappa shape index (κ2) is 4.57. The third kappa shape index (κ3) is 2.06. The molecule has 1 aromatic rings. The largest absolute Gasteiger partial charge is 0.366 e. The van der Waals surface area contributed by atoms with Gasteiger partial charge in [-0.15, -0.1) is 0 Å². The van der Waals surface area contributed by atoms with Crippen molar-refractivity contribution in [2.75, 3.05) is 24.5 Å². The third-order valence-electron chi connectivity index (χ3n) is 3.95. The van der Waals surface area contributed by atoms with Crippen molar-refractivity contribution in [3.05, 3.63) is 23.9 Å². The number of amides is 1. The minimum atomic E-state index is -0.395. The van der Waals surface area contributed by atoms with Crippen LogP contribution in [-0.4, -0.2) is 36.6 Å². The molecule has 1 aromatic heterocycles. The van der Waals surface area contributed by atoms with E-state index in [9.17, 15) is 4.79 Å². The number of rotatable bonds is 2. The Morgan fingerprint density at radius 1 is 1.50 bits per heavy atom. The standard InChI is InChI=1S/C13H18N4O/c14-13(18)9-3-5-16-12(6-9)17-7-10-2-1-4-15-11(10)8-17/h3,5-6,10-11,15H,1-2,4,7-8H2,(H2,14,18)/t10-,11+/m0/s1. The van der Waals surface area contributed by atoms with Gasteiger partial charge in [0.15, 0.2) is 0 Å². The summed E-state index contributed by atoms with van der Waals surface area (Å²) < 4.78 is 0. The first-order valence-electron chi connectivity index (χ1n) is 6.48. The van der Waals surface area contributed by atoms with E-state index in [1.807, 2.05) is 0 Å². The predicted molar refractivity (Wildman–Crippen MR) is 69.5 cm³/mol. The highest BCUT2D eigenvalue weighted by Crippen LogP contribution is 2.28. The van der Waals surface area contributed by atoms with Crippen LogP contribution in [0.25, 0.3) is 0 Å². The number of carbonyl (C=O) groups excluding carboxylic acids is 1. The fourth-order valence-corrected chi connectivity index (χ4v) is 2.98. The zero-order valence-corrected chi connectivity index (χ0v) is 10.3. The Balaban J connectivity index is 1.79. The second-order valence-corrected chi connectivity index (χ2v) is 5.13. The average Bonchev–Trinajstić information content (AvgIpc) is 2.82. The third-order valence-corrected chi connectivity index (χ3v) is 3.95. The van der Waals surface area contributed by atoms with Gasteiger partial charge in [0.25, 0.3) is 0 Å². The Bertz CT molecular complexity index is 448. The molecule has 1 amide bonds. The topological polar surface area (TPSA) is 71.2 Å². The molecular weight excluding hydrogens is 228 g/mol. The average molecular weight is 246 g/mol. The fourth-order valence-electron chi connectivity index (χ4n) is 2.98. The number of primary amides is 1. The van der Waals surface area contributed by atoms with Crippen molar-refractivity contribution in [1.29, 1.82) is 0 Å². The van der Waals surface area contributed by atoms with Gasteiger partial charge in [-0.25, -0.2) is 4.98 Å². The van der Waals surface area contributed by atoms with Gasteiger partial charge in [0.2, 0.25) is 5.91 Å². The first kappa shape index (κ1) is 11.5. The van der Waals surface area contributed by atoms with E-state index in [4.69, 9.17) is 5.73 Å². The molecular formula is C13H18N4O. The van der Waals surface area contributed by atoms with Gasteiger partial charge in [-0.1, -0.05) is 0 Å². The zero-order valence-electron chi connectivity index (χ0n) is 10.3. The summed E-state index contributed by atoms with van der Waals surface area (Å²) in [5, 5.41) is 3.56. The Morgan fingerprint density at radius 3 is 3.17 bits per heavy atom. The molecule has 5 heteroatoms. The van der Waals surface area contributed by atoms with Crippen molar-refractivity contribution >= 4 is 11.7 Å². The van der Waals surface area contributed by atoms with Crippen molar-refractivity contribution in [1.82, 2.24) is 10.3 Å². The highest BCUT2D eigenvalue weighted by molar-refractivity contribution is 5.93. The first-order chi connectivity index (χ1) is 8.74. The van der Waals surface area contributed by atoms with Crippen LogP contribution in [0, 0.1) is 5.92 Å². The summed E-state index contributed by atoms with van der Waals surface area (Å²) in [6.45, 7) is 3.11. The fraction of sp³-hybridized carbons (Fsp3) is 0.538. The number of piperidine rings is 1. The summed E-state index contributed by atoms with van der Waals surface area (Å²) in [4.78, 5) is 17.8. The van der Waals surface area contributed by atoms with Crippen LogP contribution in [0.2, 0.25) is 0 Å². The maximum Gasteiger partial charge on any atom is 0.248 e. The monoisotopic (exact) mass is 246 g/mol. The quantitative estimate of drug-likeness (QED) is 0.791. The van der Waals surface area contributed by atoms with Crippen molar-refractivity contribution in [3.8, 4) is 0 Å². The van der Waals surface area contributed by atoms with Crippen LogP contribution in [-0.2, 0) is 0 Å². The number of hydrogen-bond donors (Lipinski definition) is 2. The number of nitrogens with zero attached hydrogens (tertiary/aromatic N) is 2. The predicted octanol–water partition coefficient (Wildman–Crippen LogP) is 0.369. The molecule has 96 valence electrons. The molecule has 5 nitrogen and oxygen atoms in total. The Labute approximate surface area is 106 Å². The Kier molecular flexibility index (Phi) is 2.91. The second-order valence-electron chi connectivity index (χ2n) is 5.13. The number of aromatic nitrogens is 1. The van der Waals surface area contributed by atoms with Crippen LogP contribution in [0.15, 0.2) is 18.3 Å². The van der Waals surface area contributed by atoms with Crippen molar-refractivity contribution in [2.24, 2.45) is 11.7 Å². The van der Waals surface area contributed by atoms with Gasteiger partial charge < -0.3 is 16.0 Å². The van der Waals surface area contributed by atoms with Crippen LogP contribution in [0.1, 0.15) is 23.2 Å². The van der Waals surface area contributed by atoms with E-state index in [1.54, 1.807) is 18.3 Å². The van der Waals surface area contributed by atoms with Crippen molar-refractivity contribution in [2.45, 2.75) is 18.9 Å².